The molecule has 2 aromatic carbocycles. The van der Waals surface area contributed by atoms with Gasteiger partial charge < -0.3 is 15.0 Å². The Bertz CT molecular complexity index is 1360. The normalized spacial score (nSPS) is 14.1. The van der Waals surface area contributed by atoms with Crippen LogP contribution >= 0.6 is 0 Å². The molecule has 0 fully saturated rings. The number of nitrogens with one attached hydrogen (secondary N) is 1. The van der Waals surface area contributed by atoms with Crippen molar-refractivity contribution in [1.29, 1.82) is 0 Å². The lowest BCUT2D eigenvalue weighted by Gasteiger charge is -2.26. The van der Waals surface area contributed by atoms with Crippen LogP contribution in [0.5, 0.6) is 0 Å². The molecule has 0 bridgehead atoms. The molecular weight excluding hydrogens is 542 g/mol. The van der Waals surface area contributed by atoms with E-state index in [0.717, 1.165) is 16.8 Å². The van der Waals surface area contributed by atoms with Crippen LogP contribution in [-0.2, 0) is 17.9 Å². The highest BCUT2D eigenvalue weighted by molar-refractivity contribution is 6.76. The topological polar surface area (TPSA) is 62.6 Å². The fourth-order valence-corrected chi connectivity index (χ4v) is 5.36. The van der Waals surface area contributed by atoms with Gasteiger partial charge in [0, 0.05) is 39.4 Å². The van der Waals surface area contributed by atoms with Crippen molar-refractivity contribution in [3.05, 3.63) is 71.1 Å². The van der Waals surface area contributed by atoms with Crippen molar-refractivity contribution in [2.45, 2.75) is 44.9 Å². The van der Waals surface area contributed by atoms with Crippen LogP contribution in [0.15, 0.2) is 36.5 Å². The number of anilines is 1. The van der Waals surface area contributed by atoms with E-state index in [-0.39, 0.29) is 36.5 Å². The van der Waals surface area contributed by atoms with Gasteiger partial charge >= 0.3 is 6.03 Å². The van der Waals surface area contributed by atoms with Gasteiger partial charge in [0.05, 0.1) is 23.5 Å². The number of urea groups is 1. The summed E-state index contributed by atoms with van der Waals surface area (Å²) in [5.41, 5.74) is 1.36. The van der Waals surface area contributed by atoms with E-state index in [1.807, 2.05) is 0 Å². The monoisotopic (exact) mass is 577 g/mol. The van der Waals surface area contributed by atoms with Gasteiger partial charge in [0.25, 0.3) is 0 Å². The van der Waals surface area contributed by atoms with Crippen molar-refractivity contribution < 1.29 is 27.1 Å². The third kappa shape index (κ3) is 7.10. The highest BCUT2D eigenvalue weighted by Crippen LogP contribution is 2.36. The van der Waals surface area contributed by atoms with E-state index in [4.69, 9.17) is 4.74 Å². The predicted octanol–water partition coefficient (Wildman–Crippen LogP) is 5.79. The zero-order valence-electron chi connectivity index (χ0n) is 23.4. The number of ether oxygens (including phenoxy) is 1. The maximum Gasteiger partial charge on any atom is 0.322 e. The fraction of sp³-hybridized carbons (Fsp3) is 0.429. The van der Waals surface area contributed by atoms with Crippen LogP contribution in [0.25, 0.3) is 11.1 Å². The van der Waals surface area contributed by atoms with Crippen LogP contribution in [-0.4, -0.2) is 62.6 Å². The van der Waals surface area contributed by atoms with E-state index < -0.39 is 43.5 Å². The fourth-order valence-electron chi connectivity index (χ4n) is 4.60. The largest absolute Gasteiger partial charge is 0.359 e. The molecule has 1 atom stereocenters. The molecule has 1 N–H and O–H groups in total. The molecule has 216 valence electrons. The van der Waals surface area contributed by atoms with Gasteiger partial charge in [0.1, 0.15) is 24.2 Å². The molecule has 0 saturated heterocycles. The Morgan fingerprint density at radius 1 is 1.07 bits per heavy atom. The lowest BCUT2D eigenvalue weighted by Crippen LogP contribution is -2.43. The van der Waals surface area contributed by atoms with E-state index in [1.54, 1.807) is 19.0 Å². The van der Waals surface area contributed by atoms with E-state index in [0.29, 0.717) is 24.3 Å². The summed E-state index contributed by atoms with van der Waals surface area (Å²) < 4.78 is 64.8. The lowest BCUT2D eigenvalue weighted by atomic mass is 10.0. The summed E-state index contributed by atoms with van der Waals surface area (Å²) in [4.78, 5) is 16.4. The molecule has 1 aliphatic heterocycles. The smallest absolute Gasteiger partial charge is 0.322 e. The minimum absolute atomic E-state index is 0.0103. The molecule has 12 heteroatoms. The van der Waals surface area contributed by atoms with Crippen molar-refractivity contribution in [2.24, 2.45) is 0 Å². The summed E-state index contributed by atoms with van der Waals surface area (Å²) in [6, 6.07) is 5.55. The number of carbonyl (C=O) groups is 1. The Labute approximate surface area is 232 Å². The molecule has 40 heavy (non-hydrogen) atoms. The first-order valence-corrected chi connectivity index (χ1v) is 16.8. The van der Waals surface area contributed by atoms with Crippen molar-refractivity contribution in [3.63, 3.8) is 0 Å². The molecule has 4 rings (SSSR count). The van der Waals surface area contributed by atoms with Crippen molar-refractivity contribution >= 4 is 19.8 Å². The van der Waals surface area contributed by atoms with Gasteiger partial charge in [-0.1, -0.05) is 19.6 Å². The van der Waals surface area contributed by atoms with E-state index in [9.17, 15) is 13.6 Å². The quantitative estimate of drug-likeness (QED) is 0.188. The van der Waals surface area contributed by atoms with Gasteiger partial charge in [-0.3, -0.25) is 4.90 Å². The molecule has 2 amide bonds. The highest BCUT2D eigenvalue weighted by atomic mass is 28.3. The van der Waals surface area contributed by atoms with Crippen LogP contribution in [0.1, 0.15) is 17.2 Å². The maximum absolute atomic E-state index is 15.3. The second kappa shape index (κ2) is 12.1. The average molecular weight is 578 g/mol. The molecule has 1 aliphatic rings. The second-order valence-corrected chi connectivity index (χ2v) is 17.1. The number of halogens is 4. The molecule has 0 aliphatic carbocycles. The Hall–Kier alpha value is -3.22. The molecular formula is C28H35F4N5O2Si. The first-order chi connectivity index (χ1) is 18.8. The summed E-state index contributed by atoms with van der Waals surface area (Å²) >= 11 is 0. The SMILES string of the molecule is CN(C)CC(NC(=O)N1CCc2cc(-c3cnn(COCC[Si](C)(C)C)c3F)c(F)cc21)c1cc(F)cc(F)c1. The summed E-state index contributed by atoms with van der Waals surface area (Å²) in [6.45, 7) is 7.64. The van der Waals surface area contributed by atoms with E-state index in [2.05, 4.69) is 30.1 Å². The van der Waals surface area contributed by atoms with E-state index in [1.165, 1.54) is 35.4 Å². The molecule has 1 aromatic heterocycles. The maximum atomic E-state index is 15.3. The minimum Gasteiger partial charge on any atom is -0.359 e. The first kappa shape index (κ1) is 29.8. The zero-order valence-corrected chi connectivity index (χ0v) is 24.4. The second-order valence-electron chi connectivity index (χ2n) is 11.5. The number of aromatic nitrogens is 2. The highest BCUT2D eigenvalue weighted by Gasteiger charge is 2.30. The minimum atomic E-state index is -1.29. The third-order valence-corrected chi connectivity index (χ3v) is 8.42. The molecule has 0 radical (unpaired) electrons. The van der Waals surface area contributed by atoms with Gasteiger partial charge in [-0.2, -0.15) is 9.49 Å². The molecule has 2 heterocycles. The number of hydrogen-bond donors (Lipinski definition) is 1. The van der Waals surface area contributed by atoms with Gasteiger partial charge in [0.15, 0.2) is 0 Å². The van der Waals surface area contributed by atoms with Gasteiger partial charge in [-0.15, -0.1) is 0 Å². The van der Waals surface area contributed by atoms with Crippen LogP contribution in [0.3, 0.4) is 0 Å². The predicted molar refractivity (Wildman–Crippen MR) is 149 cm³/mol. The van der Waals surface area contributed by atoms with Gasteiger partial charge in [-0.05, 0) is 62.0 Å². The number of fused-ring (bicyclic) bond motifs is 1. The standard InChI is InChI=1S/C28H35F4N5O2Si/c1-35(2)16-25(19-10-20(29)13-21(30)11-19)34-28(38)36-7-6-18-12-22(24(31)14-26(18)36)23-15-33-37(27(23)32)17-39-8-9-40(3,4)5/h10-15,25H,6-9,16-17H2,1-5H3,(H,34,38). The number of amides is 2. The summed E-state index contributed by atoms with van der Waals surface area (Å²) in [6.07, 6.45) is 1.70. The number of carbonyl (C=O) groups excluding carboxylic acids is 1. The summed E-state index contributed by atoms with van der Waals surface area (Å²) in [5.74, 6) is -2.90. The Morgan fingerprint density at radius 2 is 1.77 bits per heavy atom. The average Bonchev–Trinajstić information content (AvgIpc) is 3.42. The summed E-state index contributed by atoms with van der Waals surface area (Å²) in [5, 5.41) is 6.85. The van der Waals surface area contributed by atoms with Crippen molar-refractivity contribution in [1.82, 2.24) is 20.0 Å². The van der Waals surface area contributed by atoms with E-state index >= 15 is 8.78 Å². The zero-order chi connectivity index (χ0) is 29.2. The summed E-state index contributed by atoms with van der Waals surface area (Å²) in [7, 11) is 2.26. The number of nitrogens with zero attached hydrogens (tertiary/aromatic N) is 4. The number of rotatable bonds is 10. The van der Waals surface area contributed by atoms with Crippen LogP contribution < -0.4 is 10.2 Å². The molecule has 0 spiro atoms. The Balaban J connectivity index is 1.51. The van der Waals surface area contributed by atoms with Gasteiger partial charge in [-0.25, -0.2) is 22.6 Å². The number of benzene rings is 2. The Morgan fingerprint density at radius 3 is 2.42 bits per heavy atom. The molecule has 1 unspecified atom stereocenters. The first-order valence-electron chi connectivity index (χ1n) is 13.1. The molecule has 0 saturated carbocycles. The lowest BCUT2D eigenvalue weighted by molar-refractivity contribution is 0.0700. The number of hydrogen-bond acceptors (Lipinski definition) is 4. The third-order valence-electron chi connectivity index (χ3n) is 6.72. The van der Waals surface area contributed by atoms with Gasteiger partial charge in [0.2, 0.25) is 5.95 Å². The van der Waals surface area contributed by atoms with Crippen LogP contribution in [0.2, 0.25) is 25.7 Å². The number of likely N-dealkylation sites (N-methyl/N-ethyl adjacent to an activating group) is 1. The van der Waals surface area contributed by atoms with Crippen molar-refractivity contribution in [2.75, 3.05) is 38.7 Å². The molecule has 3 aromatic rings. The van der Waals surface area contributed by atoms with Crippen LogP contribution in [0.4, 0.5) is 28.0 Å². The van der Waals surface area contributed by atoms with Crippen LogP contribution in [0, 0.1) is 23.4 Å². The van der Waals surface area contributed by atoms with Crippen molar-refractivity contribution in [3.8, 4) is 11.1 Å². The Kier molecular flexibility index (Phi) is 9.01. The molecule has 7 nitrogen and oxygen atoms in total.